The molecule has 1 aromatic heterocycles. The number of aliphatic imine (C=N–C) groups is 1. The first kappa shape index (κ1) is 17.1. The first-order valence-electron chi connectivity index (χ1n) is 8.35. The molecule has 0 N–H and O–H groups in total. The first-order valence-corrected chi connectivity index (χ1v) is 8.35. The van der Waals surface area contributed by atoms with Crippen molar-refractivity contribution in [2.24, 2.45) is 4.99 Å². The molecule has 0 bridgehead atoms. The second-order valence-corrected chi connectivity index (χ2v) is 6.07. The van der Waals surface area contributed by atoms with E-state index >= 15 is 0 Å². The molecule has 0 radical (unpaired) electrons. The van der Waals surface area contributed by atoms with Crippen LogP contribution in [0.2, 0.25) is 0 Å². The molecule has 1 aromatic rings. The number of amidine groups is 1. The van der Waals surface area contributed by atoms with Crippen LogP contribution in [-0.4, -0.2) is 58.3 Å². The Labute approximate surface area is 145 Å². The Morgan fingerprint density at radius 2 is 2.08 bits per heavy atom. The molecule has 25 heavy (non-hydrogen) atoms. The largest absolute Gasteiger partial charge is 0.465 e. The van der Waals surface area contributed by atoms with Gasteiger partial charge >= 0.3 is 17.9 Å². The number of esters is 1. The molecule has 1 atom stereocenters. The predicted octanol–water partition coefficient (Wildman–Crippen LogP) is 0.536. The van der Waals surface area contributed by atoms with E-state index in [4.69, 9.17) is 4.74 Å². The topological polar surface area (TPSA) is 88.1 Å². The highest BCUT2D eigenvalue weighted by atomic mass is 16.5. The maximum absolute atomic E-state index is 12.9. The number of amides is 3. The number of likely N-dealkylation sites (N-methyl/N-ethyl adjacent to an activating group) is 1. The maximum Gasteiger partial charge on any atom is 0.401 e. The Kier molecular flexibility index (Phi) is 4.32. The Balaban J connectivity index is 1.98. The van der Waals surface area contributed by atoms with E-state index in [9.17, 15) is 14.4 Å². The van der Waals surface area contributed by atoms with Crippen molar-refractivity contribution in [1.29, 1.82) is 0 Å². The highest BCUT2D eigenvalue weighted by Crippen LogP contribution is 2.29. The summed E-state index contributed by atoms with van der Waals surface area (Å²) in [5, 5.41) is 0. The second kappa shape index (κ2) is 6.30. The molecule has 3 amide bonds. The molecule has 134 valence electrons. The number of nitrogens with zero attached hydrogens (tertiary/aromatic N) is 5. The molecule has 0 aliphatic carbocycles. The first-order chi connectivity index (χ1) is 11.9. The summed E-state index contributed by atoms with van der Waals surface area (Å²) in [5.74, 6) is -0.0476. The van der Waals surface area contributed by atoms with Gasteiger partial charge < -0.3 is 4.74 Å². The summed E-state index contributed by atoms with van der Waals surface area (Å²) in [4.78, 5) is 43.9. The number of aryl methyl sites for hydroxylation is 1. The van der Waals surface area contributed by atoms with Crippen molar-refractivity contribution in [3.05, 3.63) is 11.9 Å². The van der Waals surface area contributed by atoms with Gasteiger partial charge in [0.2, 0.25) is 11.9 Å². The molecule has 1 unspecified atom stereocenters. The number of hydrogen-bond acceptors (Lipinski definition) is 5. The Hall–Kier alpha value is -2.71. The smallest absolute Gasteiger partial charge is 0.401 e. The van der Waals surface area contributed by atoms with E-state index in [1.165, 1.54) is 4.90 Å². The summed E-state index contributed by atoms with van der Waals surface area (Å²) in [5.41, 5.74) is 0.990. The summed E-state index contributed by atoms with van der Waals surface area (Å²) >= 11 is 0. The molecule has 0 saturated carbocycles. The summed E-state index contributed by atoms with van der Waals surface area (Å²) in [6.45, 7) is 6.26. The molecule has 9 heteroatoms. The lowest BCUT2D eigenvalue weighted by Crippen LogP contribution is -2.63. The zero-order chi connectivity index (χ0) is 18.3. The minimum Gasteiger partial charge on any atom is -0.465 e. The zero-order valence-corrected chi connectivity index (χ0v) is 14.9. The average molecular weight is 348 g/mol. The van der Waals surface area contributed by atoms with Crippen LogP contribution in [-0.2, 0) is 20.9 Å². The van der Waals surface area contributed by atoms with Gasteiger partial charge in [-0.15, -0.1) is 0 Å². The van der Waals surface area contributed by atoms with E-state index < -0.39 is 30.5 Å². The van der Waals surface area contributed by atoms with Crippen LogP contribution in [0.1, 0.15) is 32.0 Å². The molecular weight excluding hydrogens is 326 g/mol. The maximum atomic E-state index is 12.9. The fourth-order valence-corrected chi connectivity index (χ4v) is 3.21. The van der Waals surface area contributed by atoms with Crippen LogP contribution in [0, 0.1) is 6.92 Å². The van der Waals surface area contributed by atoms with Crippen molar-refractivity contribution in [3.8, 4) is 0 Å². The van der Waals surface area contributed by atoms with Crippen molar-refractivity contribution in [3.63, 3.8) is 0 Å². The standard InChI is InChI=1S/C16H22N5O4/c1-5-7-19-10(3)8-20-12-13(17-15(19)20)18(4)16(24)21(14(12)23)9-11(22)25-6-2/h8,12H,5-7,9H2,1-4H3/q+1. The van der Waals surface area contributed by atoms with Gasteiger partial charge in [0.1, 0.15) is 18.4 Å². The van der Waals surface area contributed by atoms with Gasteiger partial charge in [-0.3, -0.25) is 14.5 Å². The van der Waals surface area contributed by atoms with Crippen LogP contribution in [0.5, 0.6) is 0 Å². The van der Waals surface area contributed by atoms with Crippen LogP contribution >= 0.6 is 0 Å². The van der Waals surface area contributed by atoms with Gasteiger partial charge in [-0.1, -0.05) is 11.9 Å². The van der Waals surface area contributed by atoms with Crippen molar-refractivity contribution in [1.82, 2.24) is 14.4 Å². The van der Waals surface area contributed by atoms with Gasteiger partial charge in [0.15, 0.2) is 0 Å². The van der Waals surface area contributed by atoms with Crippen molar-refractivity contribution in [2.75, 3.05) is 20.2 Å². The number of imide groups is 1. The Morgan fingerprint density at radius 1 is 1.36 bits per heavy atom. The summed E-state index contributed by atoms with van der Waals surface area (Å²) in [6, 6.07) is -1.30. The van der Waals surface area contributed by atoms with Crippen LogP contribution < -0.4 is 4.57 Å². The van der Waals surface area contributed by atoms with E-state index in [0.717, 1.165) is 23.6 Å². The molecule has 9 nitrogen and oxygen atoms in total. The normalized spacial score (nSPS) is 19.0. The van der Waals surface area contributed by atoms with Crippen LogP contribution in [0.15, 0.2) is 11.2 Å². The third-order valence-corrected chi connectivity index (χ3v) is 4.36. The van der Waals surface area contributed by atoms with Gasteiger partial charge in [0.05, 0.1) is 13.2 Å². The molecule has 1 fully saturated rings. The number of hydrogen-bond donors (Lipinski definition) is 0. The van der Waals surface area contributed by atoms with Gasteiger partial charge in [0, 0.05) is 7.05 Å². The lowest BCUT2D eigenvalue weighted by molar-refractivity contribution is -0.677. The molecule has 3 rings (SSSR count). The van der Waals surface area contributed by atoms with Gasteiger partial charge in [-0.2, -0.15) is 0 Å². The molecule has 2 aliphatic heterocycles. The minimum atomic E-state index is -0.732. The fourth-order valence-electron chi connectivity index (χ4n) is 3.21. The number of imidazole rings is 1. The number of carbonyl (C=O) groups is 3. The minimum absolute atomic E-state index is 0.193. The predicted molar refractivity (Wildman–Crippen MR) is 87.3 cm³/mol. The summed E-state index contributed by atoms with van der Waals surface area (Å²) in [6.07, 6.45) is 2.78. The number of carbonyl (C=O) groups excluding carboxylic acids is 3. The second-order valence-electron chi connectivity index (χ2n) is 6.07. The third-order valence-electron chi connectivity index (χ3n) is 4.36. The van der Waals surface area contributed by atoms with Gasteiger partial charge in [-0.25, -0.2) is 18.8 Å². The molecular formula is C16H22N5O4+. The highest BCUT2D eigenvalue weighted by Gasteiger charge is 2.53. The van der Waals surface area contributed by atoms with E-state index in [0.29, 0.717) is 11.8 Å². The van der Waals surface area contributed by atoms with E-state index in [2.05, 4.69) is 11.9 Å². The number of rotatable bonds is 5. The van der Waals surface area contributed by atoms with Gasteiger partial charge in [-0.05, 0) is 20.3 Å². The Morgan fingerprint density at radius 3 is 2.72 bits per heavy atom. The average Bonchev–Trinajstić information content (AvgIpc) is 3.07. The molecule has 0 aromatic carbocycles. The molecule has 3 heterocycles. The van der Waals surface area contributed by atoms with Gasteiger partial charge in [0.25, 0.3) is 5.91 Å². The molecule has 2 aliphatic rings. The van der Waals surface area contributed by atoms with E-state index in [1.807, 2.05) is 17.7 Å². The number of urea groups is 1. The number of fused-ring (bicyclic) bond motifs is 3. The lowest BCUT2D eigenvalue weighted by atomic mass is 10.1. The van der Waals surface area contributed by atoms with Crippen molar-refractivity contribution in [2.45, 2.75) is 39.8 Å². The lowest BCUT2D eigenvalue weighted by Gasteiger charge is -2.32. The fraction of sp³-hybridized carbons (Fsp3) is 0.562. The number of aromatic nitrogens is 2. The zero-order valence-electron chi connectivity index (χ0n) is 14.9. The Bertz CT molecular complexity index is 782. The van der Waals surface area contributed by atoms with Crippen LogP contribution in [0.4, 0.5) is 10.7 Å². The summed E-state index contributed by atoms with van der Waals surface area (Å²) in [7, 11) is 1.56. The highest BCUT2D eigenvalue weighted by molar-refractivity contribution is 6.19. The van der Waals surface area contributed by atoms with Crippen LogP contribution in [0.3, 0.4) is 0 Å². The van der Waals surface area contributed by atoms with Crippen LogP contribution in [0.25, 0.3) is 0 Å². The van der Waals surface area contributed by atoms with Crippen molar-refractivity contribution < 1.29 is 23.7 Å². The molecule has 1 saturated heterocycles. The van der Waals surface area contributed by atoms with Crippen molar-refractivity contribution >= 4 is 29.7 Å². The molecule has 0 spiro atoms. The SMILES string of the molecule is CCCn1c(C)c[n+]2c1N=C1C2C(=O)N(CC(=O)OCC)C(=O)N1C. The van der Waals surface area contributed by atoms with E-state index in [1.54, 1.807) is 18.5 Å². The number of ether oxygens (including phenoxy) is 1. The summed E-state index contributed by atoms with van der Waals surface area (Å²) < 4.78 is 8.66. The third kappa shape index (κ3) is 2.59. The van der Waals surface area contributed by atoms with E-state index in [-0.39, 0.29) is 6.61 Å². The monoisotopic (exact) mass is 348 g/mol. The quantitative estimate of drug-likeness (QED) is 0.574.